The second kappa shape index (κ2) is 8.04. The average Bonchev–Trinajstić information content (AvgIpc) is 3.07. The Morgan fingerprint density at radius 3 is 2.69 bits per heavy atom. The molecular weight excluding hydrogens is 328 g/mol. The lowest BCUT2D eigenvalue weighted by molar-refractivity contribution is -0.117. The number of carbonyl (C=O) groups is 2. The molecule has 3 rings (SSSR count). The Labute approximate surface area is 154 Å². The van der Waals surface area contributed by atoms with Gasteiger partial charge in [0.2, 0.25) is 5.91 Å². The van der Waals surface area contributed by atoms with Gasteiger partial charge in [0.1, 0.15) is 12.4 Å². The number of ether oxygens (including phenoxy) is 1. The van der Waals surface area contributed by atoms with Crippen LogP contribution in [-0.2, 0) is 4.79 Å². The average molecular weight is 352 g/mol. The number of hydrogen-bond donors (Lipinski definition) is 1. The van der Waals surface area contributed by atoms with Crippen molar-refractivity contribution >= 4 is 17.5 Å². The second-order valence-corrected chi connectivity index (χ2v) is 6.70. The fourth-order valence-electron chi connectivity index (χ4n) is 2.94. The van der Waals surface area contributed by atoms with E-state index in [0.29, 0.717) is 25.1 Å². The lowest BCUT2D eigenvalue weighted by atomic mass is 10.1. The Morgan fingerprint density at radius 1 is 1.23 bits per heavy atom. The zero-order valence-electron chi connectivity index (χ0n) is 15.2. The molecule has 0 radical (unpaired) electrons. The van der Waals surface area contributed by atoms with E-state index in [4.69, 9.17) is 4.74 Å². The van der Waals surface area contributed by atoms with Gasteiger partial charge in [-0.15, -0.1) is 0 Å². The summed E-state index contributed by atoms with van der Waals surface area (Å²) in [6.07, 6.45) is 1.44. The van der Waals surface area contributed by atoms with E-state index in [0.717, 1.165) is 17.9 Å². The molecule has 1 N–H and O–H groups in total. The normalized spacial score (nSPS) is 15.0. The maximum Gasteiger partial charge on any atom is 0.251 e. The van der Waals surface area contributed by atoms with Gasteiger partial charge in [0.15, 0.2) is 0 Å². The molecule has 0 aliphatic carbocycles. The van der Waals surface area contributed by atoms with Crippen molar-refractivity contribution in [3.63, 3.8) is 0 Å². The van der Waals surface area contributed by atoms with Gasteiger partial charge in [-0.1, -0.05) is 23.8 Å². The van der Waals surface area contributed by atoms with Crippen LogP contribution >= 0.6 is 0 Å². The topological polar surface area (TPSA) is 58.6 Å². The summed E-state index contributed by atoms with van der Waals surface area (Å²) >= 11 is 0. The number of carbonyl (C=O) groups excluding carboxylic acids is 2. The Morgan fingerprint density at radius 2 is 2.00 bits per heavy atom. The van der Waals surface area contributed by atoms with Gasteiger partial charge in [-0.2, -0.15) is 0 Å². The first kappa shape index (κ1) is 18.0. The highest BCUT2D eigenvalue weighted by Gasteiger charge is 2.22. The standard InChI is InChI=1S/C21H24N2O3/c1-15-8-10-19(11-9-15)26-14-16(2)22-21(25)17-5-3-6-18(13-17)23-12-4-7-20(23)24/h3,5-6,8-11,13,16H,4,7,12,14H2,1-2H3,(H,22,25)/t16-/m1/s1. The zero-order chi connectivity index (χ0) is 18.5. The number of nitrogens with zero attached hydrogens (tertiary/aromatic N) is 1. The summed E-state index contributed by atoms with van der Waals surface area (Å²) in [6.45, 7) is 5.03. The Hall–Kier alpha value is -2.82. The van der Waals surface area contributed by atoms with Crippen molar-refractivity contribution in [3.05, 3.63) is 59.7 Å². The molecule has 1 fully saturated rings. The molecule has 0 bridgehead atoms. The van der Waals surface area contributed by atoms with Crippen LogP contribution in [0.5, 0.6) is 5.75 Å². The summed E-state index contributed by atoms with van der Waals surface area (Å²) in [6, 6.07) is 14.9. The second-order valence-electron chi connectivity index (χ2n) is 6.70. The summed E-state index contributed by atoms with van der Waals surface area (Å²) < 4.78 is 5.71. The molecule has 1 atom stereocenters. The van der Waals surface area contributed by atoms with E-state index < -0.39 is 0 Å². The van der Waals surface area contributed by atoms with Gasteiger partial charge in [-0.25, -0.2) is 0 Å². The van der Waals surface area contributed by atoms with Gasteiger partial charge < -0.3 is 15.0 Å². The molecule has 1 aliphatic heterocycles. The van der Waals surface area contributed by atoms with Crippen molar-refractivity contribution in [2.24, 2.45) is 0 Å². The third kappa shape index (κ3) is 4.42. The van der Waals surface area contributed by atoms with E-state index in [-0.39, 0.29) is 17.9 Å². The van der Waals surface area contributed by atoms with Crippen molar-refractivity contribution in [3.8, 4) is 5.75 Å². The van der Waals surface area contributed by atoms with Crippen molar-refractivity contribution in [1.82, 2.24) is 5.32 Å². The van der Waals surface area contributed by atoms with E-state index in [1.165, 1.54) is 5.56 Å². The first-order valence-corrected chi connectivity index (χ1v) is 8.94. The molecule has 0 aromatic heterocycles. The highest BCUT2D eigenvalue weighted by molar-refractivity contribution is 5.99. The van der Waals surface area contributed by atoms with E-state index in [1.54, 1.807) is 17.0 Å². The van der Waals surface area contributed by atoms with Gasteiger partial charge in [-0.3, -0.25) is 9.59 Å². The van der Waals surface area contributed by atoms with Gasteiger partial charge in [0.25, 0.3) is 5.91 Å². The largest absolute Gasteiger partial charge is 0.491 e. The van der Waals surface area contributed by atoms with E-state index in [2.05, 4.69) is 5.32 Å². The maximum absolute atomic E-state index is 12.5. The first-order valence-electron chi connectivity index (χ1n) is 8.94. The van der Waals surface area contributed by atoms with E-state index >= 15 is 0 Å². The molecule has 2 aromatic carbocycles. The van der Waals surface area contributed by atoms with E-state index in [9.17, 15) is 9.59 Å². The predicted octanol–water partition coefficient (Wildman–Crippen LogP) is 3.32. The molecule has 136 valence electrons. The van der Waals surface area contributed by atoms with E-state index in [1.807, 2.05) is 50.2 Å². The summed E-state index contributed by atoms with van der Waals surface area (Å²) in [5, 5.41) is 2.94. The van der Waals surface area contributed by atoms with Gasteiger partial charge in [0.05, 0.1) is 6.04 Å². The quantitative estimate of drug-likeness (QED) is 0.868. The van der Waals surface area contributed by atoms with Crippen LogP contribution in [0, 0.1) is 6.92 Å². The van der Waals surface area contributed by atoms with Crippen molar-refractivity contribution in [2.75, 3.05) is 18.1 Å². The fourth-order valence-corrected chi connectivity index (χ4v) is 2.94. The van der Waals surface area contributed by atoms with Crippen molar-refractivity contribution < 1.29 is 14.3 Å². The number of benzene rings is 2. The highest BCUT2D eigenvalue weighted by Crippen LogP contribution is 2.22. The molecule has 5 nitrogen and oxygen atoms in total. The summed E-state index contributed by atoms with van der Waals surface area (Å²) in [5.74, 6) is 0.729. The Kier molecular flexibility index (Phi) is 5.56. The molecule has 2 amide bonds. The zero-order valence-corrected chi connectivity index (χ0v) is 15.2. The van der Waals surface area contributed by atoms with Crippen LogP contribution in [0.2, 0.25) is 0 Å². The number of nitrogens with one attached hydrogen (secondary N) is 1. The molecule has 0 unspecified atom stereocenters. The lowest BCUT2D eigenvalue weighted by Gasteiger charge is -2.18. The van der Waals surface area contributed by atoms with Crippen LogP contribution in [0.3, 0.4) is 0 Å². The first-order chi connectivity index (χ1) is 12.5. The molecule has 1 saturated heterocycles. The number of aryl methyl sites for hydroxylation is 1. The van der Waals surface area contributed by atoms with Gasteiger partial charge in [0, 0.05) is 24.2 Å². The summed E-state index contributed by atoms with van der Waals surface area (Å²) in [5.41, 5.74) is 2.50. The van der Waals surface area contributed by atoms with Crippen LogP contribution in [0.4, 0.5) is 5.69 Å². The number of hydrogen-bond acceptors (Lipinski definition) is 3. The van der Waals surface area contributed by atoms with Crippen LogP contribution in [0.15, 0.2) is 48.5 Å². The fraction of sp³-hybridized carbons (Fsp3) is 0.333. The number of amides is 2. The van der Waals surface area contributed by atoms with Crippen LogP contribution in [0.25, 0.3) is 0 Å². The number of anilines is 1. The minimum Gasteiger partial charge on any atom is -0.491 e. The predicted molar refractivity (Wildman–Crippen MR) is 102 cm³/mol. The smallest absolute Gasteiger partial charge is 0.251 e. The minimum atomic E-state index is -0.168. The molecule has 1 aliphatic rings. The molecular formula is C21H24N2O3. The Balaban J connectivity index is 1.57. The van der Waals surface area contributed by atoms with Gasteiger partial charge in [-0.05, 0) is 50.6 Å². The Bertz CT molecular complexity index is 786. The molecule has 0 saturated carbocycles. The van der Waals surface area contributed by atoms with Crippen molar-refractivity contribution in [1.29, 1.82) is 0 Å². The summed E-state index contributed by atoms with van der Waals surface area (Å²) in [7, 11) is 0. The summed E-state index contributed by atoms with van der Waals surface area (Å²) in [4.78, 5) is 26.1. The molecule has 26 heavy (non-hydrogen) atoms. The molecule has 5 heteroatoms. The highest BCUT2D eigenvalue weighted by atomic mass is 16.5. The lowest BCUT2D eigenvalue weighted by Crippen LogP contribution is -2.36. The SMILES string of the molecule is Cc1ccc(OC[C@@H](C)NC(=O)c2cccc(N3CCCC3=O)c2)cc1. The third-order valence-electron chi connectivity index (χ3n) is 4.39. The minimum absolute atomic E-state index is 0.113. The molecule has 0 spiro atoms. The molecule has 1 heterocycles. The number of rotatable bonds is 6. The van der Waals surface area contributed by atoms with Crippen LogP contribution < -0.4 is 15.0 Å². The monoisotopic (exact) mass is 352 g/mol. The van der Waals surface area contributed by atoms with Crippen molar-refractivity contribution in [2.45, 2.75) is 32.7 Å². The maximum atomic E-state index is 12.5. The van der Waals surface area contributed by atoms with Crippen LogP contribution in [-0.4, -0.2) is 31.0 Å². The van der Waals surface area contributed by atoms with Crippen LogP contribution in [0.1, 0.15) is 35.7 Å². The van der Waals surface area contributed by atoms with Gasteiger partial charge >= 0.3 is 0 Å². The third-order valence-corrected chi connectivity index (χ3v) is 4.39. The molecule has 2 aromatic rings.